The van der Waals surface area contributed by atoms with Gasteiger partial charge in [-0.3, -0.25) is 9.36 Å². The van der Waals surface area contributed by atoms with Crippen LogP contribution in [-0.2, 0) is 17.0 Å². The van der Waals surface area contributed by atoms with Gasteiger partial charge >= 0.3 is 0 Å². The van der Waals surface area contributed by atoms with Crippen molar-refractivity contribution >= 4 is 34.7 Å². The minimum absolute atomic E-state index is 0.103. The van der Waals surface area contributed by atoms with E-state index in [0.717, 1.165) is 39.2 Å². The summed E-state index contributed by atoms with van der Waals surface area (Å²) in [5.74, 6) is 0.599. The summed E-state index contributed by atoms with van der Waals surface area (Å²) < 4.78 is 1.91. The van der Waals surface area contributed by atoms with Crippen LogP contribution in [0.25, 0.3) is 16.3 Å². The van der Waals surface area contributed by atoms with Gasteiger partial charge < -0.3 is 5.32 Å². The summed E-state index contributed by atoms with van der Waals surface area (Å²) in [5.41, 5.74) is 5.12. The van der Waals surface area contributed by atoms with E-state index in [2.05, 4.69) is 52.1 Å². The molecule has 6 nitrogen and oxygen atoms in total. The number of rotatable bonds is 7. The molecule has 0 atom stereocenters. The Morgan fingerprint density at radius 1 is 1.20 bits per heavy atom. The summed E-state index contributed by atoms with van der Waals surface area (Å²) in [6, 6.07) is 16.2. The van der Waals surface area contributed by atoms with Gasteiger partial charge in [-0.2, -0.15) is 0 Å². The lowest BCUT2D eigenvalue weighted by molar-refractivity contribution is -0.114. The Labute approximate surface area is 183 Å². The smallest absolute Gasteiger partial charge is 0.221 e. The van der Waals surface area contributed by atoms with Crippen LogP contribution in [-0.4, -0.2) is 25.7 Å². The fraction of sp³-hybridized carbons (Fsp3) is 0.182. The SMILES string of the molecule is CCc1ccc(-c2nc(CSc3nncn3-c3cccc(NC(C)=O)c3)cs2)cc1. The molecule has 2 aromatic carbocycles. The molecule has 8 heteroatoms. The summed E-state index contributed by atoms with van der Waals surface area (Å²) in [7, 11) is 0. The monoisotopic (exact) mass is 435 g/mol. The molecule has 2 aromatic heterocycles. The minimum Gasteiger partial charge on any atom is -0.326 e. The number of benzene rings is 2. The lowest BCUT2D eigenvalue weighted by Gasteiger charge is -2.08. The van der Waals surface area contributed by atoms with Gasteiger partial charge in [0.25, 0.3) is 0 Å². The fourth-order valence-electron chi connectivity index (χ4n) is 2.96. The van der Waals surface area contributed by atoms with Gasteiger partial charge in [0.05, 0.1) is 11.4 Å². The molecule has 1 amide bonds. The molecule has 4 aromatic rings. The number of nitrogens with one attached hydrogen (secondary N) is 1. The number of hydrogen-bond donors (Lipinski definition) is 1. The van der Waals surface area contributed by atoms with Crippen molar-refractivity contribution in [3.05, 3.63) is 71.5 Å². The Balaban J connectivity index is 1.46. The minimum atomic E-state index is -0.103. The molecule has 0 aliphatic heterocycles. The second-order valence-corrected chi connectivity index (χ2v) is 8.50. The molecule has 0 fully saturated rings. The quantitative estimate of drug-likeness (QED) is 0.404. The highest BCUT2D eigenvalue weighted by Crippen LogP contribution is 2.28. The van der Waals surface area contributed by atoms with E-state index >= 15 is 0 Å². The van der Waals surface area contributed by atoms with Crippen LogP contribution in [0.5, 0.6) is 0 Å². The number of amides is 1. The summed E-state index contributed by atoms with van der Waals surface area (Å²) in [6.45, 7) is 3.65. The van der Waals surface area contributed by atoms with E-state index in [4.69, 9.17) is 4.98 Å². The topological polar surface area (TPSA) is 72.7 Å². The van der Waals surface area contributed by atoms with E-state index in [1.165, 1.54) is 12.5 Å². The zero-order valence-electron chi connectivity index (χ0n) is 16.7. The van der Waals surface area contributed by atoms with Crippen molar-refractivity contribution in [1.29, 1.82) is 0 Å². The van der Waals surface area contributed by atoms with Crippen LogP contribution in [0, 0.1) is 0 Å². The number of thioether (sulfide) groups is 1. The maximum Gasteiger partial charge on any atom is 0.221 e. The summed E-state index contributed by atoms with van der Waals surface area (Å²) >= 11 is 3.24. The molecule has 4 rings (SSSR count). The van der Waals surface area contributed by atoms with Gasteiger partial charge in [0.1, 0.15) is 11.3 Å². The second-order valence-electron chi connectivity index (χ2n) is 6.70. The van der Waals surface area contributed by atoms with Crippen LogP contribution in [0.1, 0.15) is 25.1 Å². The third kappa shape index (κ3) is 4.77. The van der Waals surface area contributed by atoms with Crippen molar-refractivity contribution in [1.82, 2.24) is 19.7 Å². The van der Waals surface area contributed by atoms with Crippen LogP contribution in [0.4, 0.5) is 5.69 Å². The average Bonchev–Trinajstić information content (AvgIpc) is 3.41. The van der Waals surface area contributed by atoms with Crippen LogP contribution < -0.4 is 5.32 Å². The number of nitrogens with zero attached hydrogens (tertiary/aromatic N) is 4. The maximum absolute atomic E-state index is 11.3. The van der Waals surface area contributed by atoms with Gasteiger partial charge in [-0.15, -0.1) is 21.5 Å². The molecule has 0 aliphatic rings. The molecule has 0 aliphatic carbocycles. The van der Waals surface area contributed by atoms with Crippen LogP contribution in [0.2, 0.25) is 0 Å². The van der Waals surface area contributed by atoms with Crippen LogP contribution in [0.3, 0.4) is 0 Å². The van der Waals surface area contributed by atoms with Crippen molar-refractivity contribution in [3.8, 4) is 16.3 Å². The first-order valence-corrected chi connectivity index (χ1v) is 11.4. The lowest BCUT2D eigenvalue weighted by atomic mass is 10.1. The predicted molar refractivity (Wildman–Crippen MR) is 122 cm³/mol. The Bertz CT molecular complexity index is 1150. The first-order valence-electron chi connectivity index (χ1n) is 9.57. The number of aromatic nitrogens is 4. The first kappa shape index (κ1) is 20.3. The number of hydrogen-bond acceptors (Lipinski definition) is 6. The van der Waals surface area contributed by atoms with Gasteiger partial charge in [-0.1, -0.05) is 49.0 Å². The molecule has 0 unspecified atom stereocenters. The third-order valence-corrected chi connectivity index (χ3v) is 6.39. The zero-order valence-corrected chi connectivity index (χ0v) is 18.3. The highest BCUT2D eigenvalue weighted by atomic mass is 32.2. The van der Waals surface area contributed by atoms with E-state index < -0.39 is 0 Å². The van der Waals surface area contributed by atoms with Gasteiger partial charge in [0.2, 0.25) is 5.91 Å². The predicted octanol–water partition coefficient (Wildman–Crippen LogP) is 5.20. The summed E-state index contributed by atoms with van der Waals surface area (Å²) in [6.07, 6.45) is 2.71. The molecular weight excluding hydrogens is 414 g/mol. The van der Waals surface area contributed by atoms with Gasteiger partial charge in [0.15, 0.2) is 5.16 Å². The standard InChI is InChI=1S/C22H21N5OS2/c1-3-16-7-9-17(10-8-16)21-25-19(12-29-21)13-30-22-26-23-14-27(22)20-6-4-5-18(11-20)24-15(2)28/h4-12,14H,3,13H2,1-2H3,(H,24,28). The molecule has 1 N–H and O–H groups in total. The van der Waals surface area contributed by atoms with E-state index in [1.54, 1.807) is 29.4 Å². The van der Waals surface area contributed by atoms with E-state index in [0.29, 0.717) is 5.75 Å². The van der Waals surface area contributed by atoms with Crippen molar-refractivity contribution in [2.24, 2.45) is 0 Å². The number of carbonyl (C=O) groups excluding carboxylic acids is 1. The molecule has 0 radical (unpaired) electrons. The van der Waals surface area contributed by atoms with Crippen molar-refractivity contribution < 1.29 is 4.79 Å². The molecule has 0 saturated carbocycles. The number of carbonyl (C=O) groups is 1. The zero-order chi connectivity index (χ0) is 20.9. The third-order valence-electron chi connectivity index (χ3n) is 4.47. The molecule has 0 bridgehead atoms. The van der Waals surface area contributed by atoms with E-state index in [1.807, 2.05) is 28.8 Å². The molecule has 0 saturated heterocycles. The van der Waals surface area contributed by atoms with Gasteiger partial charge in [-0.05, 0) is 30.2 Å². The fourth-order valence-corrected chi connectivity index (χ4v) is 4.72. The molecular formula is C22H21N5OS2. The molecule has 2 heterocycles. The van der Waals surface area contributed by atoms with Crippen LogP contribution >= 0.6 is 23.1 Å². The van der Waals surface area contributed by atoms with E-state index in [9.17, 15) is 4.79 Å². The maximum atomic E-state index is 11.3. The van der Waals surface area contributed by atoms with Crippen LogP contribution in [0.15, 0.2) is 65.4 Å². The Morgan fingerprint density at radius 3 is 2.80 bits per heavy atom. The van der Waals surface area contributed by atoms with Gasteiger partial charge in [-0.25, -0.2) is 4.98 Å². The Hall–Kier alpha value is -2.97. The van der Waals surface area contributed by atoms with E-state index in [-0.39, 0.29) is 5.91 Å². The number of thiazole rings is 1. The Morgan fingerprint density at radius 2 is 2.03 bits per heavy atom. The van der Waals surface area contributed by atoms with Crippen molar-refractivity contribution in [2.45, 2.75) is 31.2 Å². The largest absolute Gasteiger partial charge is 0.326 e. The van der Waals surface area contributed by atoms with Crippen molar-refractivity contribution in [3.63, 3.8) is 0 Å². The Kier molecular flexibility index (Phi) is 6.25. The highest BCUT2D eigenvalue weighted by molar-refractivity contribution is 7.98. The second kappa shape index (κ2) is 9.23. The summed E-state index contributed by atoms with van der Waals surface area (Å²) in [5, 5.41) is 15.0. The average molecular weight is 436 g/mol. The normalized spacial score (nSPS) is 10.9. The number of aryl methyl sites for hydroxylation is 1. The highest BCUT2D eigenvalue weighted by Gasteiger charge is 2.11. The molecule has 30 heavy (non-hydrogen) atoms. The van der Waals surface area contributed by atoms with Crippen molar-refractivity contribution in [2.75, 3.05) is 5.32 Å². The molecule has 152 valence electrons. The first-order chi connectivity index (χ1) is 14.6. The summed E-state index contributed by atoms with van der Waals surface area (Å²) in [4.78, 5) is 16.1. The lowest BCUT2D eigenvalue weighted by Crippen LogP contribution is -2.06. The van der Waals surface area contributed by atoms with Gasteiger partial charge in [0, 0.05) is 29.3 Å². The number of anilines is 1. The molecule has 0 spiro atoms.